The predicted octanol–water partition coefficient (Wildman–Crippen LogP) is 5.21. The number of nitrogens with zero attached hydrogens (tertiary/aromatic N) is 1. The molecule has 0 bridgehead atoms. The summed E-state index contributed by atoms with van der Waals surface area (Å²) in [4.78, 5) is 38.8. The highest BCUT2D eigenvalue weighted by atomic mass is 16.6. The van der Waals surface area contributed by atoms with Crippen molar-refractivity contribution in [2.75, 3.05) is 64.3 Å². The van der Waals surface area contributed by atoms with Crippen molar-refractivity contribution in [1.29, 1.82) is 0 Å². The van der Waals surface area contributed by atoms with E-state index in [9.17, 15) is 14.4 Å². The average Bonchev–Trinajstić information content (AvgIpc) is 3.02. The van der Waals surface area contributed by atoms with Crippen molar-refractivity contribution in [2.45, 2.75) is 58.4 Å². The summed E-state index contributed by atoms with van der Waals surface area (Å²) in [5.74, 6) is 0.260. The largest absolute Gasteiger partial charge is 0.379 e. The van der Waals surface area contributed by atoms with Crippen molar-refractivity contribution in [3.05, 3.63) is 65.2 Å². The molecular formula is C35H48N2O7. The molecule has 240 valence electrons. The van der Waals surface area contributed by atoms with Gasteiger partial charge in [0.15, 0.2) is 0 Å². The van der Waals surface area contributed by atoms with Gasteiger partial charge < -0.3 is 29.2 Å². The molecule has 2 aromatic carbocycles. The molecule has 9 heteroatoms. The maximum absolute atomic E-state index is 13.3. The molecule has 44 heavy (non-hydrogen) atoms. The Morgan fingerprint density at radius 1 is 0.682 bits per heavy atom. The summed E-state index contributed by atoms with van der Waals surface area (Å²) < 4.78 is 21.8. The van der Waals surface area contributed by atoms with Crippen molar-refractivity contribution in [2.24, 2.45) is 0 Å². The van der Waals surface area contributed by atoms with Crippen LogP contribution in [-0.4, -0.2) is 77.0 Å². The highest BCUT2D eigenvalue weighted by Gasteiger charge is 2.20. The summed E-state index contributed by atoms with van der Waals surface area (Å²) in [7, 11) is 0. The van der Waals surface area contributed by atoms with E-state index in [0.29, 0.717) is 104 Å². The van der Waals surface area contributed by atoms with Crippen LogP contribution in [0.25, 0.3) is 12.2 Å². The number of carbonyl (C=O) groups excluding carboxylic acids is 3. The smallest absolute Gasteiger partial charge is 0.227 e. The minimum Gasteiger partial charge on any atom is -0.379 e. The first-order valence-corrected chi connectivity index (χ1v) is 15.8. The van der Waals surface area contributed by atoms with E-state index < -0.39 is 0 Å². The number of ether oxygens (including phenoxy) is 4. The lowest BCUT2D eigenvalue weighted by Gasteiger charge is -2.27. The van der Waals surface area contributed by atoms with Gasteiger partial charge in [-0.15, -0.1) is 0 Å². The molecule has 0 spiro atoms. The minimum absolute atomic E-state index is 0.0401. The van der Waals surface area contributed by atoms with Crippen LogP contribution in [0.15, 0.2) is 48.5 Å². The number of hydrogen-bond acceptors (Lipinski definition) is 7. The number of amides is 2. The minimum atomic E-state index is -0.0401. The molecule has 0 atom stereocenters. The number of benzene rings is 2. The third-order valence-corrected chi connectivity index (χ3v) is 7.14. The molecule has 1 heterocycles. The molecular weight excluding hydrogens is 560 g/mol. The van der Waals surface area contributed by atoms with Gasteiger partial charge in [0.1, 0.15) is 5.78 Å². The van der Waals surface area contributed by atoms with E-state index in [4.69, 9.17) is 18.9 Å². The van der Waals surface area contributed by atoms with Crippen LogP contribution in [0.5, 0.6) is 0 Å². The van der Waals surface area contributed by atoms with Gasteiger partial charge in [0.25, 0.3) is 0 Å². The van der Waals surface area contributed by atoms with Crippen molar-refractivity contribution in [1.82, 2.24) is 5.32 Å². The zero-order valence-electron chi connectivity index (χ0n) is 26.1. The second-order valence-corrected chi connectivity index (χ2v) is 10.6. The van der Waals surface area contributed by atoms with E-state index in [2.05, 4.69) is 29.6 Å². The Bertz CT molecular complexity index is 1180. The molecule has 9 nitrogen and oxygen atoms in total. The molecule has 1 aliphatic rings. The fourth-order valence-electron chi connectivity index (χ4n) is 4.77. The lowest BCUT2D eigenvalue weighted by Crippen LogP contribution is -2.31. The van der Waals surface area contributed by atoms with Gasteiger partial charge in [-0.1, -0.05) is 61.5 Å². The quantitative estimate of drug-likeness (QED) is 0.183. The zero-order valence-corrected chi connectivity index (χ0v) is 26.1. The van der Waals surface area contributed by atoms with Crippen molar-refractivity contribution < 1.29 is 33.3 Å². The van der Waals surface area contributed by atoms with E-state index in [1.54, 1.807) is 0 Å². The highest BCUT2D eigenvalue weighted by Crippen LogP contribution is 2.29. The van der Waals surface area contributed by atoms with Gasteiger partial charge >= 0.3 is 0 Å². The Morgan fingerprint density at radius 2 is 1.27 bits per heavy atom. The lowest BCUT2D eigenvalue weighted by molar-refractivity contribution is -0.122. The molecule has 0 saturated heterocycles. The number of Topliss-reactive ketones (excluding diaryl/α,β-unsaturated/α-hetero) is 1. The van der Waals surface area contributed by atoms with Crippen molar-refractivity contribution in [3.63, 3.8) is 0 Å². The van der Waals surface area contributed by atoms with Crippen LogP contribution in [0.2, 0.25) is 0 Å². The van der Waals surface area contributed by atoms with E-state index in [0.717, 1.165) is 28.8 Å². The second kappa shape index (κ2) is 21.4. The first kappa shape index (κ1) is 35.1. The molecule has 1 aliphatic heterocycles. The molecule has 0 unspecified atom stereocenters. The number of unbranched alkanes of at least 4 members (excludes halogenated alkanes) is 1. The van der Waals surface area contributed by atoms with E-state index in [1.807, 2.05) is 48.2 Å². The van der Waals surface area contributed by atoms with Crippen LogP contribution in [-0.2, 0) is 39.9 Å². The van der Waals surface area contributed by atoms with Crippen LogP contribution < -0.4 is 10.2 Å². The Balaban J connectivity index is 1.17. The number of anilines is 1. The number of para-hydroxylation sites is 1. The second-order valence-electron chi connectivity index (χ2n) is 10.6. The highest BCUT2D eigenvalue weighted by molar-refractivity contribution is 5.97. The van der Waals surface area contributed by atoms with Gasteiger partial charge in [-0.25, -0.2) is 0 Å². The summed E-state index contributed by atoms with van der Waals surface area (Å²) in [6.45, 7) is 6.56. The number of rotatable bonds is 22. The molecule has 0 aromatic heterocycles. The summed E-state index contributed by atoms with van der Waals surface area (Å²) in [6.07, 6.45) is 8.17. The summed E-state index contributed by atoms with van der Waals surface area (Å²) >= 11 is 0. The number of carbonyl (C=O) groups is 3. The number of hydrogen-bond donors (Lipinski definition) is 1. The van der Waals surface area contributed by atoms with Crippen LogP contribution in [0, 0.1) is 0 Å². The first-order valence-electron chi connectivity index (χ1n) is 15.8. The normalized spacial score (nSPS) is 12.2. The topological polar surface area (TPSA) is 103 Å². The van der Waals surface area contributed by atoms with Crippen LogP contribution in [0.4, 0.5) is 5.69 Å². The molecule has 0 aliphatic carbocycles. The molecule has 0 fully saturated rings. The molecule has 2 amide bonds. The van der Waals surface area contributed by atoms with Crippen molar-refractivity contribution >= 4 is 35.4 Å². The Hall–Kier alpha value is -3.37. The van der Waals surface area contributed by atoms with Gasteiger partial charge in [0, 0.05) is 32.2 Å². The maximum atomic E-state index is 13.3. The van der Waals surface area contributed by atoms with Crippen LogP contribution in [0.3, 0.4) is 0 Å². The van der Waals surface area contributed by atoms with Crippen molar-refractivity contribution in [3.8, 4) is 0 Å². The van der Waals surface area contributed by atoms with Gasteiger partial charge in [-0.05, 0) is 42.0 Å². The number of ketones is 1. The molecule has 0 saturated carbocycles. The average molecular weight is 609 g/mol. The fourth-order valence-corrected chi connectivity index (χ4v) is 4.77. The lowest BCUT2D eigenvalue weighted by atomic mass is 10.0. The molecule has 2 aromatic rings. The third kappa shape index (κ3) is 13.5. The maximum Gasteiger partial charge on any atom is 0.227 e. The number of fused-ring (bicyclic) bond motifs is 2. The van der Waals surface area contributed by atoms with Gasteiger partial charge in [-0.3, -0.25) is 14.4 Å². The fraction of sp³-hybridized carbons (Fsp3) is 0.514. The molecule has 0 radical (unpaired) electrons. The summed E-state index contributed by atoms with van der Waals surface area (Å²) in [6, 6.07) is 16.1. The Labute approximate surface area is 261 Å². The van der Waals surface area contributed by atoms with Gasteiger partial charge in [0.05, 0.1) is 65.1 Å². The SMILES string of the molecule is CCCC(=O)CCOCCOCCOCCOCCNC(=O)CCCCC(=O)N1Cc2ccccc2C=Cc2ccccc21. The standard InChI is InChI=1S/C35H48N2O7/c1-2-9-32(38)18-20-41-22-24-43-26-27-44-25-23-42-21-19-36-34(39)14-7-8-15-35(40)37-28-31-12-4-3-10-29(31)16-17-30-11-5-6-13-33(30)37/h3-6,10-13,16-17H,2,7-9,14-15,18-28H2,1H3,(H,36,39). The first-order chi connectivity index (χ1) is 21.6. The van der Waals surface area contributed by atoms with Gasteiger partial charge in [-0.2, -0.15) is 0 Å². The van der Waals surface area contributed by atoms with Crippen LogP contribution >= 0.6 is 0 Å². The Kier molecular flexibility index (Phi) is 17.0. The van der Waals surface area contributed by atoms with E-state index >= 15 is 0 Å². The number of nitrogens with one attached hydrogen (secondary N) is 1. The van der Waals surface area contributed by atoms with E-state index in [1.165, 1.54) is 0 Å². The monoisotopic (exact) mass is 608 g/mol. The van der Waals surface area contributed by atoms with E-state index in [-0.39, 0.29) is 17.6 Å². The predicted molar refractivity (Wildman–Crippen MR) is 172 cm³/mol. The summed E-state index contributed by atoms with van der Waals surface area (Å²) in [5.41, 5.74) is 4.15. The zero-order chi connectivity index (χ0) is 31.2. The van der Waals surface area contributed by atoms with Gasteiger partial charge in [0.2, 0.25) is 11.8 Å². The molecule has 3 rings (SSSR count). The molecule has 1 N–H and O–H groups in total. The summed E-state index contributed by atoms with van der Waals surface area (Å²) in [5, 5.41) is 2.87. The third-order valence-electron chi connectivity index (χ3n) is 7.14. The van der Waals surface area contributed by atoms with Crippen LogP contribution in [0.1, 0.15) is 68.6 Å². The Morgan fingerprint density at radius 3 is 2.00 bits per heavy atom.